The number of nitrogens with two attached hydrogens (primary N) is 1. The highest BCUT2D eigenvalue weighted by Crippen LogP contribution is 2.10. The maximum Gasteiger partial charge on any atom is 0.126 e. The highest BCUT2D eigenvalue weighted by molar-refractivity contribution is 14.1. The van der Waals surface area contributed by atoms with Crippen LogP contribution >= 0.6 is 22.6 Å². The lowest BCUT2D eigenvalue weighted by atomic mass is 10.1. The van der Waals surface area contributed by atoms with Gasteiger partial charge in [-0.3, -0.25) is 0 Å². The van der Waals surface area contributed by atoms with E-state index in [1.807, 2.05) is 6.07 Å². The van der Waals surface area contributed by atoms with Gasteiger partial charge in [0.15, 0.2) is 0 Å². The van der Waals surface area contributed by atoms with Crippen LogP contribution < -0.4 is 5.73 Å². The van der Waals surface area contributed by atoms with Crippen molar-refractivity contribution in [2.75, 3.05) is 0 Å². The minimum atomic E-state index is -0.167. The summed E-state index contributed by atoms with van der Waals surface area (Å²) in [6.45, 7) is 0. The third kappa shape index (κ3) is 2.75. The molecular formula is C8H9FIN. The predicted molar refractivity (Wildman–Crippen MR) is 52.1 cm³/mol. The minimum Gasteiger partial charge on any atom is -0.319 e. The summed E-state index contributed by atoms with van der Waals surface area (Å²) in [6.07, 6.45) is 0.591. The molecule has 0 saturated carbocycles. The SMILES string of the molecule is N[C@@H](I)Cc1ccccc1F. The molecule has 0 spiro atoms. The minimum absolute atomic E-state index is 0.00972. The van der Waals surface area contributed by atoms with Crippen LogP contribution in [0.5, 0.6) is 0 Å². The zero-order valence-corrected chi connectivity index (χ0v) is 8.08. The van der Waals surface area contributed by atoms with Crippen molar-refractivity contribution in [2.45, 2.75) is 10.5 Å². The lowest BCUT2D eigenvalue weighted by molar-refractivity contribution is 0.608. The Morgan fingerprint density at radius 1 is 1.45 bits per heavy atom. The molecule has 0 bridgehead atoms. The Balaban J connectivity index is 2.78. The number of halogens is 2. The molecule has 0 aliphatic rings. The molecule has 2 N–H and O–H groups in total. The van der Waals surface area contributed by atoms with Crippen molar-refractivity contribution in [3.8, 4) is 0 Å². The number of hydrogen-bond acceptors (Lipinski definition) is 1. The van der Waals surface area contributed by atoms with Crippen molar-refractivity contribution >= 4 is 22.6 Å². The predicted octanol–water partition coefficient (Wildman–Crippen LogP) is 2.09. The first kappa shape index (κ1) is 8.93. The summed E-state index contributed by atoms with van der Waals surface area (Å²) in [5, 5.41) is 0. The van der Waals surface area contributed by atoms with Crippen LogP contribution in [0.25, 0.3) is 0 Å². The molecule has 0 aliphatic carbocycles. The average Bonchev–Trinajstić information content (AvgIpc) is 1.93. The van der Waals surface area contributed by atoms with Gasteiger partial charge in [-0.2, -0.15) is 0 Å². The summed E-state index contributed by atoms with van der Waals surface area (Å²) in [7, 11) is 0. The lowest BCUT2D eigenvalue weighted by Gasteiger charge is -2.03. The maximum atomic E-state index is 12.9. The first-order valence-corrected chi connectivity index (χ1v) is 4.58. The van der Waals surface area contributed by atoms with E-state index < -0.39 is 0 Å². The molecule has 0 saturated heterocycles. The fourth-order valence-corrected chi connectivity index (χ4v) is 1.35. The normalized spacial score (nSPS) is 13.0. The van der Waals surface area contributed by atoms with Gasteiger partial charge in [-0.15, -0.1) is 0 Å². The number of hydrogen-bond donors (Lipinski definition) is 1. The lowest BCUT2D eigenvalue weighted by Crippen LogP contribution is -2.14. The molecule has 60 valence electrons. The van der Waals surface area contributed by atoms with Crippen LogP contribution in [0.4, 0.5) is 4.39 Å². The molecule has 1 rings (SSSR count). The van der Waals surface area contributed by atoms with E-state index in [2.05, 4.69) is 22.6 Å². The summed E-state index contributed by atoms with van der Waals surface area (Å²) in [4.78, 5) is 0. The second kappa shape index (κ2) is 4.01. The molecule has 0 heterocycles. The Kier molecular flexibility index (Phi) is 3.26. The van der Waals surface area contributed by atoms with Gasteiger partial charge in [0.05, 0.1) is 4.05 Å². The van der Waals surface area contributed by atoms with Crippen LogP contribution in [0.15, 0.2) is 24.3 Å². The third-order valence-corrected chi connectivity index (χ3v) is 1.81. The van der Waals surface area contributed by atoms with E-state index in [4.69, 9.17) is 5.73 Å². The summed E-state index contributed by atoms with van der Waals surface area (Å²) >= 11 is 2.07. The molecule has 0 aliphatic heterocycles. The molecule has 1 aromatic carbocycles. The number of rotatable bonds is 2. The zero-order valence-electron chi connectivity index (χ0n) is 5.93. The number of alkyl halides is 1. The van der Waals surface area contributed by atoms with Crippen molar-refractivity contribution in [2.24, 2.45) is 5.73 Å². The van der Waals surface area contributed by atoms with Gasteiger partial charge >= 0.3 is 0 Å². The molecule has 0 amide bonds. The molecule has 0 radical (unpaired) electrons. The van der Waals surface area contributed by atoms with Gasteiger partial charge in [-0.05, 0) is 18.1 Å². The molecule has 1 aromatic rings. The topological polar surface area (TPSA) is 26.0 Å². The first-order valence-electron chi connectivity index (χ1n) is 3.33. The van der Waals surface area contributed by atoms with Crippen LogP contribution in [-0.4, -0.2) is 4.05 Å². The molecule has 0 aromatic heterocycles. The van der Waals surface area contributed by atoms with E-state index >= 15 is 0 Å². The molecule has 1 atom stereocenters. The van der Waals surface area contributed by atoms with Gasteiger partial charge in [0, 0.05) is 0 Å². The van der Waals surface area contributed by atoms with E-state index in [0.29, 0.717) is 12.0 Å². The summed E-state index contributed by atoms with van der Waals surface area (Å²) in [5.74, 6) is -0.167. The van der Waals surface area contributed by atoms with Crippen LogP contribution in [0.3, 0.4) is 0 Å². The van der Waals surface area contributed by atoms with Crippen LogP contribution in [0, 0.1) is 5.82 Å². The summed E-state index contributed by atoms with van der Waals surface area (Å²) < 4.78 is 12.9. The smallest absolute Gasteiger partial charge is 0.126 e. The van der Waals surface area contributed by atoms with Gasteiger partial charge in [0.1, 0.15) is 5.82 Å². The average molecular weight is 265 g/mol. The quantitative estimate of drug-likeness (QED) is 0.494. The zero-order chi connectivity index (χ0) is 8.27. The highest BCUT2D eigenvalue weighted by atomic mass is 127. The Labute approximate surface area is 78.9 Å². The largest absolute Gasteiger partial charge is 0.319 e. The van der Waals surface area contributed by atoms with E-state index in [1.54, 1.807) is 12.1 Å². The van der Waals surface area contributed by atoms with Crippen molar-refractivity contribution < 1.29 is 4.39 Å². The second-order valence-corrected chi connectivity index (χ2v) is 3.91. The van der Waals surface area contributed by atoms with Gasteiger partial charge in [-0.1, -0.05) is 40.8 Å². The van der Waals surface area contributed by atoms with E-state index in [1.165, 1.54) is 6.07 Å². The molecule has 1 nitrogen and oxygen atoms in total. The standard InChI is InChI=1S/C8H9FIN/c9-7-4-2-1-3-6(7)5-8(10)11/h1-4,8H,5,11H2/t8-/m1/s1. The fraction of sp³-hybridized carbons (Fsp3) is 0.250. The summed E-state index contributed by atoms with van der Waals surface area (Å²) in [6, 6.07) is 6.71. The van der Waals surface area contributed by atoms with Crippen LogP contribution in [-0.2, 0) is 6.42 Å². The Hall–Kier alpha value is -0.160. The molecule has 0 unspecified atom stereocenters. The fourth-order valence-electron chi connectivity index (χ4n) is 0.874. The van der Waals surface area contributed by atoms with E-state index in [9.17, 15) is 4.39 Å². The molecule has 3 heteroatoms. The van der Waals surface area contributed by atoms with Gasteiger partial charge < -0.3 is 5.73 Å². The second-order valence-electron chi connectivity index (χ2n) is 2.31. The molecular weight excluding hydrogens is 256 g/mol. The van der Waals surface area contributed by atoms with Gasteiger partial charge in [0.2, 0.25) is 0 Å². The Morgan fingerprint density at radius 3 is 2.64 bits per heavy atom. The molecule has 11 heavy (non-hydrogen) atoms. The van der Waals surface area contributed by atoms with Gasteiger partial charge in [0.25, 0.3) is 0 Å². The van der Waals surface area contributed by atoms with Crippen molar-refractivity contribution in [1.29, 1.82) is 0 Å². The first-order chi connectivity index (χ1) is 5.20. The van der Waals surface area contributed by atoms with Crippen molar-refractivity contribution in [3.63, 3.8) is 0 Å². The van der Waals surface area contributed by atoms with Crippen LogP contribution in [0.1, 0.15) is 5.56 Å². The monoisotopic (exact) mass is 265 g/mol. The summed E-state index contributed by atoms with van der Waals surface area (Å²) in [5.41, 5.74) is 6.20. The highest BCUT2D eigenvalue weighted by Gasteiger charge is 2.03. The molecule has 0 fully saturated rings. The van der Waals surface area contributed by atoms with Gasteiger partial charge in [-0.25, -0.2) is 4.39 Å². The van der Waals surface area contributed by atoms with E-state index in [-0.39, 0.29) is 9.87 Å². The maximum absolute atomic E-state index is 12.9. The van der Waals surface area contributed by atoms with Crippen molar-refractivity contribution in [3.05, 3.63) is 35.6 Å². The van der Waals surface area contributed by atoms with E-state index in [0.717, 1.165) is 0 Å². The van der Waals surface area contributed by atoms with Crippen LogP contribution in [0.2, 0.25) is 0 Å². The number of benzene rings is 1. The Morgan fingerprint density at radius 2 is 2.09 bits per heavy atom. The Bertz CT molecular complexity index is 237. The third-order valence-electron chi connectivity index (χ3n) is 1.37. The van der Waals surface area contributed by atoms with Crippen molar-refractivity contribution in [1.82, 2.24) is 0 Å².